The molecule has 1 amide bonds. The van der Waals surface area contributed by atoms with Crippen molar-refractivity contribution in [1.29, 1.82) is 0 Å². The van der Waals surface area contributed by atoms with Gasteiger partial charge >= 0.3 is 6.09 Å². The van der Waals surface area contributed by atoms with Crippen LogP contribution in [0, 0.1) is 5.92 Å². The van der Waals surface area contributed by atoms with E-state index in [0.29, 0.717) is 18.3 Å². The van der Waals surface area contributed by atoms with Crippen LogP contribution in [0.1, 0.15) is 45.6 Å². The summed E-state index contributed by atoms with van der Waals surface area (Å²) in [6.07, 6.45) is 9.29. The third kappa shape index (κ3) is 5.52. The van der Waals surface area contributed by atoms with Gasteiger partial charge < -0.3 is 10.1 Å². The zero-order valence-electron chi connectivity index (χ0n) is 13.6. The third-order valence-electron chi connectivity index (χ3n) is 3.47. The molecule has 6 heteroatoms. The lowest BCUT2D eigenvalue weighted by Gasteiger charge is -2.20. The molecule has 1 unspecified atom stereocenters. The van der Waals surface area contributed by atoms with Gasteiger partial charge in [0.25, 0.3) is 0 Å². The maximum Gasteiger partial charge on any atom is 0.413 e. The van der Waals surface area contributed by atoms with Gasteiger partial charge in [0.15, 0.2) is 0 Å². The van der Waals surface area contributed by atoms with Crippen molar-refractivity contribution in [3.63, 3.8) is 0 Å². The van der Waals surface area contributed by atoms with Crippen molar-refractivity contribution in [2.45, 2.75) is 52.2 Å². The number of aromatic amines is 1. The molecule has 2 rings (SSSR count). The van der Waals surface area contributed by atoms with E-state index in [1.54, 1.807) is 6.20 Å². The van der Waals surface area contributed by atoms with Crippen molar-refractivity contribution in [1.82, 2.24) is 15.5 Å². The molecule has 6 nitrogen and oxygen atoms in total. The summed E-state index contributed by atoms with van der Waals surface area (Å²) in [6, 6.07) is 0. The van der Waals surface area contributed by atoms with Gasteiger partial charge in [0.1, 0.15) is 11.4 Å². The lowest BCUT2D eigenvalue weighted by Crippen LogP contribution is -2.28. The maximum absolute atomic E-state index is 11.8. The molecule has 0 fully saturated rings. The number of allylic oxidation sites excluding steroid dienone is 2. The van der Waals surface area contributed by atoms with Crippen molar-refractivity contribution in [2.75, 3.05) is 11.9 Å². The molecule has 0 saturated heterocycles. The second-order valence-electron chi connectivity index (χ2n) is 6.68. The lowest BCUT2D eigenvalue weighted by molar-refractivity contribution is 0.0635. The van der Waals surface area contributed by atoms with Crippen LogP contribution in [0.4, 0.5) is 10.6 Å². The first kappa shape index (κ1) is 16.5. The number of nitrogens with one attached hydrogen (secondary N) is 3. The van der Waals surface area contributed by atoms with Crippen LogP contribution in [0.2, 0.25) is 0 Å². The number of hydrogen-bond donors (Lipinski definition) is 3. The molecule has 1 heterocycles. The van der Waals surface area contributed by atoms with Gasteiger partial charge in [-0.05, 0) is 52.5 Å². The predicted octanol–water partition coefficient (Wildman–Crippen LogP) is 3.20. The number of rotatable bonds is 5. The van der Waals surface area contributed by atoms with Crippen LogP contribution >= 0.6 is 0 Å². The number of amides is 1. The molecular weight excluding hydrogens is 280 g/mol. The number of anilines is 1. The maximum atomic E-state index is 11.8. The molecule has 0 spiro atoms. The highest BCUT2D eigenvalue weighted by Gasteiger charge is 2.18. The second kappa shape index (κ2) is 7.45. The summed E-state index contributed by atoms with van der Waals surface area (Å²) < 4.78 is 5.24. The van der Waals surface area contributed by atoms with E-state index in [1.807, 2.05) is 20.8 Å². The summed E-state index contributed by atoms with van der Waals surface area (Å²) in [5, 5.41) is 12.9. The number of hydrogen-bond acceptors (Lipinski definition) is 4. The fourth-order valence-corrected chi connectivity index (χ4v) is 2.41. The number of H-pyrrole nitrogens is 1. The van der Waals surface area contributed by atoms with Gasteiger partial charge in [-0.25, -0.2) is 4.79 Å². The van der Waals surface area contributed by atoms with Gasteiger partial charge in [0.2, 0.25) is 0 Å². The fourth-order valence-electron chi connectivity index (χ4n) is 2.41. The van der Waals surface area contributed by atoms with Crippen LogP contribution in [0.25, 0.3) is 0 Å². The van der Waals surface area contributed by atoms with Crippen LogP contribution < -0.4 is 10.6 Å². The molecule has 0 bridgehead atoms. The Kier molecular flexibility index (Phi) is 5.60. The highest BCUT2D eigenvalue weighted by Crippen LogP contribution is 2.18. The van der Waals surface area contributed by atoms with E-state index in [4.69, 9.17) is 4.74 Å². The Morgan fingerprint density at radius 2 is 2.27 bits per heavy atom. The minimum Gasteiger partial charge on any atom is -0.444 e. The first-order valence-electron chi connectivity index (χ1n) is 7.82. The summed E-state index contributed by atoms with van der Waals surface area (Å²) in [5.41, 5.74) is 0.411. The molecular formula is C16H26N4O2. The van der Waals surface area contributed by atoms with Crippen molar-refractivity contribution in [2.24, 2.45) is 5.92 Å². The van der Waals surface area contributed by atoms with E-state index in [9.17, 15) is 4.79 Å². The Morgan fingerprint density at radius 3 is 2.95 bits per heavy atom. The smallest absolute Gasteiger partial charge is 0.413 e. The summed E-state index contributed by atoms with van der Waals surface area (Å²) in [6.45, 7) is 7.14. The van der Waals surface area contributed by atoms with Crippen LogP contribution in [-0.4, -0.2) is 28.4 Å². The zero-order valence-corrected chi connectivity index (χ0v) is 13.6. The molecule has 0 aromatic carbocycles. The van der Waals surface area contributed by atoms with Gasteiger partial charge in [-0.2, -0.15) is 5.10 Å². The normalized spacial score (nSPS) is 18.2. The van der Waals surface area contributed by atoms with Crippen LogP contribution in [0.15, 0.2) is 18.3 Å². The SMILES string of the molecule is CC(C)(C)OC(=O)Nc1[nH]ncc1CNCC1CC=CCC1. The van der Waals surface area contributed by atoms with E-state index in [0.717, 1.165) is 18.5 Å². The van der Waals surface area contributed by atoms with Crippen LogP contribution in [0.3, 0.4) is 0 Å². The number of ether oxygens (including phenoxy) is 1. The van der Waals surface area contributed by atoms with Crippen molar-refractivity contribution < 1.29 is 9.53 Å². The Balaban J connectivity index is 1.79. The molecule has 1 aliphatic carbocycles. The molecule has 1 aliphatic rings. The minimum absolute atomic E-state index is 0.476. The van der Waals surface area contributed by atoms with Gasteiger partial charge in [-0.3, -0.25) is 10.4 Å². The number of carbonyl (C=O) groups is 1. The summed E-state index contributed by atoms with van der Waals surface area (Å²) in [7, 11) is 0. The van der Waals surface area contributed by atoms with Gasteiger partial charge in [0, 0.05) is 12.1 Å². The van der Waals surface area contributed by atoms with E-state index in [-0.39, 0.29) is 0 Å². The first-order valence-corrected chi connectivity index (χ1v) is 7.82. The molecule has 1 aromatic rings. The molecule has 0 saturated carbocycles. The topological polar surface area (TPSA) is 79.0 Å². The number of nitrogens with zero attached hydrogens (tertiary/aromatic N) is 1. The number of aromatic nitrogens is 2. The van der Waals surface area contributed by atoms with Gasteiger partial charge in [0.05, 0.1) is 6.20 Å². The van der Waals surface area contributed by atoms with Crippen molar-refractivity contribution in [3.8, 4) is 0 Å². The summed E-state index contributed by atoms with van der Waals surface area (Å²) >= 11 is 0. The van der Waals surface area contributed by atoms with E-state index >= 15 is 0 Å². The monoisotopic (exact) mass is 306 g/mol. The van der Waals surface area contributed by atoms with Crippen LogP contribution in [-0.2, 0) is 11.3 Å². The standard InChI is InChI=1S/C16H26N4O2/c1-16(2,3)22-15(21)19-14-13(11-18-20-14)10-17-9-12-7-5-4-6-8-12/h4-5,11-12,17H,6-10H2,1-3H3,(H2,18,19,20,21). The summed E-state index contributed by atoms with van der Waals surface area (Å²) in [5.74, 6) is 1.28. The number of carbonyl (C=O) groups excluding carboxylic acids is 1. The zero-order chi connectivity index (χ0) is 16.0. The Bertz CT molecular complexity index is 516. The fraction of sp³-hybridized carbons (Fsp3) is 0.625. The van der Waals surface area contributed by atoms with Crippen molar-refractivity contribution >= 4 is 11.9 Å². The largest absolute Gasteiger partial charge is 0.444 e. The highest BCUT2D eigenvalue weighted by molar-refractivity contribution is 5.84. The Morgan fingerprint density at radius 1 is 1.45 bits per heavy atom. The lowest BCUT2D eigenvalue weighted by atomic mass is 9.94. The molecule has 22 heavy (non-hydrogen) atoms. The third-order valence-corrected chi connectivity index (χ3v) is 3.47. The Hall–Kier alpha value is -1.82. The molecule has 1 aromatic heterocycles. The Labute approximate surface area is 131 Å². The van der Waals surface area contributed by atoms with Crippen LogP contribution in [0.5, 0.6) is 0 Å². The molecule has 3 N–H and O–H groups in total. The predicted molar refractivity (Wildman–Crippen MR) is 86.6 cm³/mol. The van der Waals surface area contributed by atoms with Gasteiger partial charge in [-0.1, -0.05) is 12.2 Å². The molecule has 1 atom stereocenters. The van der Waals surface area contributed by atoms with Gasteiger partial charge in [-0.15, -0.1) is 0 Å². The van der Waals surface area contributed by atoms with Crippen molar-refractivity contribution in [3.05, 3.63) is 23.9 Å². The van der Waals surface area contributed by atoms with E-state index in [1.165, 1.54) is 12.8 Å². The first-order chi connectivity index (χ1) is 10.4. The van der Waals surface area contributed by atoms with E-state index in [2.05, 4.69) is 33.0 Å². The second-order valence-corrected chi connectivity index (χ2v) is 6.68. The highest BCUT2D eigenvalue weighted by atomic mass is 16.6. The molecule has 0 radical (unpaired) electrons. The average Bonchev–Trinajstić information content (AvgIpc) is 2.85. The molecule has 122 valence electrons. The molecule has 0 aliphatic heterocycles. The van der Waals surface area contributed by atoms with E-state index < -0.39 is 11.7 Å². The summed E-state index contributed by atoms with van der Waals surface area (Å²) in [4.78, 5) is 11.8. The minimum atomic E-state index is -0.517. The quantitative estimate of drug-likeness (QED) is 0.730. The average molecular weight is 306 g/mol.